The predicted molar refractivity (Wildman–Crippen MR) is 111 cm³/mol. The number of rotatable bonds is 5. The van der Waals surface area contributed by atoms with Crippen LogP contribution in [-0.2, 0) is 23.1 Å². The molecule has 0 radical (unpaired) electrons. The smallest absolute Gasteiger partial charge is 0.194 e. The number of piperazine rings is 1. The number of hydrogen-bond donors (Lipinski definition) is 1. The Morgan fingerprint density at radius 2 is 2.07 bits per heavy atom. The van der Waals surface area contributed by atoms with Crippen LogP contribution >= 0.6 is 0 Å². The highest BCUT2D eigenvalue weighted by molar-refractivity contribution is 5.80. The lowest BCUT2D eigenvalue weighted by Gasteiger charge is -2.37. The van der Waals surface area contributed by atoms with Crippen LogP contribution in [0.5, 0.6) is 0 Å². The van der Waals surface area contributed by atoms with Crippen LogP contribution in [-0.4, -0.2) is 84.3 Å². The summed E-state index contributed by atoms with van der Waals surface area (Å²) in [5.41, 5.74) is 1.08. The van der Waals surface area contributed by atoms with E-state index >= 15 is 0 Å². The number of anilines is 1. The Kier molecular flexibility index (Phi) is 6.58. The summed E-state index contributed by atoms with van der Waals surface area (Å²) in [6, 6.07) is 8.04. The molecule has 0 bridgehead atoms. The summed E-state index contributed by atoms with van der Waals surface area (Å²) < 4.78 is 13.1. The van der Waals surface area contributed by atoms with Crippen LogP contribution in [0.1, 0.15) is 5.69 Å². The van der Waals surface area contributed by atoms with Gasteiger partial charge in [-0.05, 0) is 18.2 Å². The summed E-state index contributed by atoms with van der Waals surface area (Å²) in [7, 11) is 1.94. The average molecular weight is 399 g/mol. The van der Waals surface area contributed by atoms with Gasteiger partial charge in [0.15, 0.2) is 5.96 Å². The topological polar surface area (TPSA) is 80.0 Å². The van der Waals surface area contributed by atoms with Crippen molar-refractivity contribution in [3.8, 4) is 0 Å². The molecule has 1 atom stereocenters. The first-order valence-electron chi connectivity index (χ1n) is 10.1. The highest BCUT2D eigenvalue weighted by atomic mass is 16.6. The van der Waals surface area contributed by atoms with Crippen LogP contribution in [0.25, 0.3) is 0 Å². The van der Waals surface area contributed by atoms with Crippen molar-refractivity contribution >= 4 is 11.8 Å². The van der Waals surface area contributed by atoms with Gasteiger partial charge in [-0.3, -0.25) is 4.68 Å². The minimum atomic E-state index is 0.0560. The molecule has 0 saturated carbocycles. The van der Waals surface area contributed by atoms with E-state index in [9.17, 15) is 0 Å². The van der Waals surface area contributed by atoms with Gasteiger partial charge in [-0.1, -0.05) is 6.07 Å². The number of nitrogens with one attached hydrogen (secondary N) is 1. The van der Waals surface area contributed by atoms with Crippen molar-refractivity contribution in [1.29, 1.82) is 0 Å². The van der Waals surface area contributed by atoms with Crippen molar-refractivity contribution in [1.82, 2.24) is 25.0 Å². The lowest BCUT2D eigenvalue weighted by Crippen LogP contribution is -2.54. The third-order valence-electron chi connectivity index (χ3n) is 5.24. The molecule has 156 valence electrons. The van der Waals surface area contributed by atoms with Gasteiger partial charge in [-0.25, -0.2) is 9.98 Å². The fourth-order valence-corrected chi connectivity index (χ4v) is 3.53. The maximum absolute atomic E-state index is 5.77. The van der Waals surface area contributed by atoms with E-state index in [0.717, 1.165) is 43.7 Å². The second-order valence-corrected chi connectivity index (χ2v) is 7.20. The van der Waals surface area contributed by atoms with Crippen molar-refractivity contribution in [2.45, 2.75) is 12.6 Å². The summed E-state index contributed by atoms with van der Waals surface area (Å²) in [6.45, 7) is 6.80. The van der Waals surface area contributed by atoms with E-state index in [4.69, 9.17) is 14.5 Å². The van der Waals surface area contributed by atoms with Gasteiger partial charge in [0.25, 0.3) is 0 Å². The predicted octanol–water partition coefficient (Wildman–Crippen LogP) is 0.498. The number of aromatic nitrogens is 3. The van der Waals surface area contributed by atoms with Gasteiger partial charge in [-0.2, -0.15) is 5.10 Å². The average Bonchev–Trinajstić information content (AvgIpc) is 3.20. The minimum Gasteiger partial charge on any atom is -0.376 e. The van der Waals surface area contributed by atoms with Crippen molar-refractivity contribution < 1.29 is 9.47 Å². The molecule has 2 aliphatic rings. The second kappa shape index (κ2) is 9.71. The lowest BCUT2D eigenvalue weighted by atomic mass is 10.3. The summed E-state index contributed by atoms with van der Waals surface area (Å²) in [5, 5.41) is 7.74. The van der Waals surface area contributed by atoms with E-state index in [2.05, 4.69) is 31.3 Å². The van der Waals surface area contributed by atoms with E-state index < -0.39 is 0 Å². The monoisotopic (exact) mass is 399 g/mol. The lowest BCUT2D eigenvalue weighted by molar-refractivity contribution is -0.0851. The van der Waals surface area contributed by atoms with Gasteiger partial charge < -0.3 is 24.6 Å². The zero-order valence-corrected chi connectivity index (χ0v) is 16.9. The molecule has 2 aromatic heterocycles. The Labute approximate surface area is 171 Å². The first kappa shape index (κ1) is 19.7. The fraction of sp³-hybridized carbons (Fsp3) is 0.550. The van der Waals surface area contributed by atoms with Crippen molar-refractivity contribution in [2.24, 2.45) is 12.0 Å². The van der Waals surface area contributed by atoms with E-state index in [1.807, 2.05) is 36.1 Å². The van der Waals surface area contributed by atoms with Crippen LogP contribution in [0.4, 0.5) is 5.82 Å². The largest absolute Gasteiger partial charge is 0.376 e. The number of hydrogen-bond acceptors (Lipinski definition) is 6. The molecule has 0 aromatic carbocycles. The van der Waals surface area contributed by atoms with Crippen molar-refractivity contribution in [2.75, 3.05) is 57.4 Å². The number of ether oxygens (including phenoxy) is 2. The zero-order chi connectivity index (χ0) is 19.9. The molecular weight excluding hydrogens is 370 g/mol. The van der Waals surface area contributed by atoms with E-state index in [1.54, 1.807) is 6.20 Å². The molecule has 29 heavy (non-hydrogen) atoms. The van der Waals surface area contributed by atoms with Gasteiger partial charge in [0.1, 0.15) is 5.82 Å². The van der Waals surface area contributed by atoms with Crippen LogP contribution in [0.2, 0.25) is 0 Å². The quantitative estimate of drug-likeness (QED) is 0.579. The number of aryl methyl sites for hydroxylation is 1. The highest BCUT2D eigenvalue weighted by Crippen LogP contribution is 2.13. The Morgan fingerprint density at radius 3 is 2.76 bits per heavy atom. The van der Waals surface area contributed by atoms with Gasteiger partial charge >= 0.3 is 0 Å². The van der Waals surface area contributed by atoms with Crippen LogP contribution in [0.15, 0.2) is 41.7 Å². The summed E-state index contributed by atoms with van der Waals surface area (Å²) in [4.78, 5) is 14.0. The first-order valence-corrected chi connectivity index (χ1v) is 10.1. The molecule has 2 aromatic rings. The Balaban J connectivity index is 1.39. The second-order valence-electron chi connectivity index (χ2n) is 7.20. The van der Waals surface area contributed by atoms with Gasteiger partial charge in [-0.15, -0.1) is 0 Å². The Morgan fingerprint density at radius 1 is 1.17 bits per heavy atom. The third kappa shape index (κ3) is 5.24. The molecule has 2 fully saturated rings. The molecule has 2 saturated heterocycles. The van der Waals surface area contributed by atoms with Crippen LogP contribution < -0.4 is 10.2 Å². The molecule has 0 unspecified atom stereocenters. The minimum absolute atomic E-state index is 0.0560. The standard InChI is InChI=1S/C20H29N7O2/c1-25-17(5-7-24-25)14-22-20(23-15-18-16-28-12-13-29-18)27-10-8-26(9-11-27)19-4-2-3-6-21-19/h2-7,18H,8-16H2,1H3,(H,22,23)/t18-/m0/s1. The molecule has 0 spiro atoms. The van der Waals surface area contributed by atoms with Crippen molar-refractivity contribution in [3.05, 3.63) is 42.4 Å². The number of pyridine rings is 1. The number of nitrogens with zero attached hydrogens (tertiary/aromatic N) is 6. The number of guanidine groups is 1. The van der Waals surface area contributed by atoms with E-state index in [0.29, 0.717) is 32.9 Å². The Bertz CT molecular complexity index is 781. The van der Waals surface area contributed by atoms with Crippen LogP contribution in [0, 0.1) is 0 Å². The number of aliphatic imine (C=N–C) groups is 1. The molecule has 0 amide bonds. The molecule has 9 nitrogen and oxygen atoms in total. The molecule has 9 heteroatoms. The molecule has 2 aliphatic heterocycles. The summed E-state index contributed by atoms with van der Waals surface area (Å²) >= 11 is 0. The maximum atomic E-state index is 5.77. The summed E-state index contributed by atoms with van der Waals surface area (Å²) in [6.07, 6.45) is 3.70. The van der Waals surface area contributed by atoms with E-state index in [1.165, 1.54) is 0 Å². The normalized spacial score (nSPS) is 20.7. The van der Waals surface area contributed by atoms with Gasteiger partial charge in [0, 0.05) is 52.2 Å². The van der Waals surface area contributed by atoms with E-state index in [-0.39, 0.29) is 6.10 Å². The maximum Gasteiger partial charge on any atom is 0.194 e. The van der Waals surface area contributed by atoms with Gasteiger partial charge in [0.2, 0.25) is 0 Å². The van der Waals surface area contributed by atoms with Gasteiger partial charge in [0.05, 0.1) is 38.2 Å². The molecule has 1 N–H and O–H groups in total. The summed E-state index contributed by atoms with van der Waals surface area (Å²) in [5.74, 6) is 1.93. The molecular formula is C20H29N7O2. The third-order valence-corrected chi connectivity index (χ3v) is 5.24. The van der Waals surface area contributed by atoms with Crippen LogP contribution in [0.3, 0.4) is 0 Å². The highest BCUT2D eigenvalue weighted by Gasteiger charge is 2.22. The Hall–Kier alpha value is -2.65. The molecule has 0 aliphatic carbocycles. The SMILES string of the molecule is Cn1nccc1CN=C(NC[C@H]1COCCO1)N1CCN(c2ccccn2)CC1. The van der Waals surface area contributed by atoms with Crippen molar-refractivity contribution in [3.63, 3.8) is 0 Å². The molecule has 4 rings (SSSR count). The molecule has 4 heterocycles. The zero-order valence-electron chi connectivity index (χ0n) is 16.9. The fourth-order valence-electron chi connectivity index (χ4n) is 3.53. The first-order chi connectivity index (χ1) is 14.3.